The average Bonchev–Trinajstić information content (AvgIpc) is 3.02. The number of nitrogens with zero attached hydrogens (tertiary/aromatic N) is 5. The van der Waals surface area contributed by atoms with E-state index < -0.39 is 5.82 Å². The number of carbonyl (C=O) groups excluding carboxylic acids is 2. The Hall–Kier alpha value is -2.88. The summed E-state index contributed by atoms with van der Waals surface area (Å²) >= 11 is 13.2. The van der Waals surface area contributed by atoms with Crippen LogP contribution in [-0.2, 0) is 4.79 Å². The van der Waals surface area contributed by atoms with Crippen LogP contribution in [0, 0.1) is 5.82 Å². The van der Waals surface area contributed by atoms with E-state index in [1.165, 1.54) is 18.2 Å². The van der Waals surface area contributed by atoms with E-state index in [2.05, 4.69) is 11.5 Å². The number of pyridine rings is 1. The van der Waals surface area contributed by atoms with Gasteiger partial charge in [-0.15, -0.1) is 0 Å². The minimum atomic E-state index is -0.572. The fourth-order valence-electron chi connectivity index (χ4n) is 4.91. The maximum Gasteiger partial charge on any atom is 0.261 e. The minimum Gasteiger partial charge on any atom is -0.489 e. The summed E-state index contributed by atoms with van der Waals surface area (Å²) in [6.07, 6.45) is 1.26. The monoisotopic (exact) mass is 533 g/mol. The normalized spacial score (nSPS) is 20.4. The van der Waals surface area contributed by atoms with Gasteiger partial charge in [0.25, 0.3) is 5.91 Å². The van der Waals surface area contributed by atoms with Gasteiger partial charge in [-0.25, -0.2) is 9.37 Å². The first-order chi connectivity index (χ1) is 17.3. The van der Waals surface area contributed by atoms with Crippen molar-refractivity contribution >= 4 is 40.8 Å². The van der Waals surface area contributed by atoms with Crippen LogP contribution in [-0.4, -0.2) is 97.0 Å². The van der Waals surface area contributed by atoms with Gasteiger partial charge < -0.3 is 24.3 Å². The lowest BCUT2D eigenvalue weighted by Gasteiger charge is -2.40. The predicted molar refractivity (Wildman–Crippen MR) is 136 cm³/mol. The fraction of sp³-hybridized carbons (Fsp3) is 0.400. The van der Waals surface area contributed by atoms with Gasteiger partial charge in [-0.3, -0.25) is 9.59 Å². The molecular weight excluding hydrogens is 508 g/mol. The third-order valence-corrected chi connectivity index (χ3v) is 7.61. The summed E-state index contributed by atoms with van der Waals surface area (Å²) in [6.45, 7) is 7.51. The highest BCUT2D eigenvalue weighted by molar-refractivity contribution is 6.37. The van der Waals surface area contributed by atoms with Crippen molar-refractivity contribution in [2.24, 2.45) is 0 Å². The highest BCUT2D eigenvalue weighted by atomic mass is 35.5. The van der Waals surface area contributed by atoms with Gasteiger partial charge in [0, 0.05) is 45.8 Å². The Morgan fingerprint density at radius 3 is 2.61 bits per heavy atom. The number of amides is 2. The molecule has 0 unspecified atom stereocenters. The van der Waals surface area contributed by atoms with Crippen LogP contribution in [0.15, 0.2) is 30.9 Å². The van der Waals surface area contributed by atoms with Crippen molar-refractivity contribution in [2.75, 3.05) is 64.4 Å². The largest absolute Gasteiger partial charge is 0.489 e. The maximum absolute atomic E-state index is 15.0. The Balaban J connectivity index is 1.64. The van der Waals surface area contributed by atoms with Crippen molar-refractivity contribution in [1.29, 1.82) is 0 Å². The average molecular weight is 534 g/mol. The molecule has 2 saturated heterocycles. The molecular formula is C25H26Cl2FN5O3. The summed E-state index contributed by atoms with van der Waals surface area (Å²) in [5, 5.41) is 0.187. The van der Waals surface area contributed by atoms with Crippen LogP contribution in [0.4, 0.5) is 10.2 Å². The predicted octanol–water partition coefficient (Wildman–Crippen LogP) is 3.18. The number of ether oxygens (including phenoxy) is 1. The van der Waals surface area contributed by atoms with Gasteiger partial charge in [0.05, 0.1) is 22.3 Å². The van der Waals surface area contributed by atoms with Gasteiger partial charge in [-0.2, -0.15) is 0 Å². The number of hydrogen-bond acceptors (Lipinski definition) is 6. The molecule has 1 atom stereocenters. The number of rotatable bonds is 3. The van der Waals surface area contributed by atoms with Crippen molar-refractivity contribution in [3.63, 3.8) is 0 Å². The lowest BCUT2D eigenvalue weighted by atomic mass is 10.1. The van der Waals surface area contributed by atoms with Crippen molar-refractivity contribution in [3.05, 3.63) is 52.3 Å². The van der Waals surface area contributed by atoms with Gasteiger partial charge in [0.1, 0.15) is 28.8 Å². The lowest BCUT2D eigenvalue weighted by molar-refractivity contribution is -0.128. The first-order valence-corrected chi connectivity index (χ1v) is 12.5. The zero-order valence-corrected chi connectivity index (χ0v) is 21.4. The van der Waals surface area contributed by atoms with E-state index in [4.69, 9.17) is 32.9 Å². The summed E-state index contributed by atoms with van der Waals surface area (Å²) in [5.74, 6) is -0.481. The van der Waals surface area contributed by atoms with Crippen LogP contribution in [0.2, 0.25) is 10.0 Å². The molecule has 5 rings (SSSR count). The summed E-state index contributed by atoms with van der Waals surface area (Å²) in [5.41, 5.74) is 0.443. The van der Waals surface area contributed by atoms with E-state index >= 15 is 0 Å². The number of hydrogen-bond donors (Lipinski definition) is 0. The molecule has 2 aromatic rings. The Labute approximate surface area is 218 Å². The molecule has 1 aromatic heterocycles. The molecule has 190 valence electrons. The first kappa shape index (κ1) is 24.8. The van der Waals surface area contributed by atoms with E-state index in [1.807, 2.05) is 11.9 Å². The van der Waals surface area contributed by atoms with Crippen LogP contribution in [0.3, 0.4) is 0 Å². The van der Waals surface area contributed by atoms with Gasteiger partial charge in [0.2, 0.25) is 5.91 Å². The molecule has 8 nitrogen and oxygen atoms in total. The van der Waals surface area contributed by atoms with Crippen LogP contribution in [0.1, 0.15) is 10.4 Å². The topological polar surface area (TPSA) is 69.2 Å². The number of anilines is 1. The molecule has 1 aromatic carbocycles. The SMILES string of the molecule is C=CC(=O)N1CCN2C(=O)c3c(N4CCN(C)CC4)nc(-c4c(F)cccc4Cl)c(Cl)c3OC[C@H]2C1. The van der Waals surface area contributed by atoms with Crippen molar-refractivity contribution in [1.82, 2.24) is 19.7 Å². The molecule has 0 aliphatic carbocycles. The quantitative estimate of drug-likeness (QED) is 0.564. The molecule has 36 heavy (non-hydrogen) atoms. The van der Waals surface area contributed by atoms with E-state index in [-0.39, 0.29) is 57.1 Å². The van der Waals surface area contributed by atoms with Gasteiger partial charge in [0.15, 0.2) is 5.75 Å². The van der Waals surface area contributed by atoms with Crippen molar-refractivity contribution in [2.45, 2.75) is 6.04 Å². The Bertz CT molecular complexity index is 1210. The number of piperazine rings is 2. The number of halogens is 3. The highest BCUT2D eigenvalue weighted by Crippen LogP contribution is 2.45. The highest BCUT2D eigenvalue weighted by Gasteiger charge is 2.41. The second-order valence-corrected chi connectivity index (χ2v) is 9.93. The van der Waals surface area contributed by atoms with E-state index in [0.29, 0.717) is 38.5 Å². The molecule has 4 heterocycles. The molecule has 2 fully saturated rings. The molecule has 3 aliphatic rings. The first-order valence-electron chi connectivity index (χ1n) is 11.8. The fourth-order valence-corrected chi connectivity index (χ4v) is 5.45. The molecule has 0 N–H and O–H groups in total. The number of likely N-dealkylation sites (N-methyl/N-ethyl adjacent to an activating group) is 1. The lowest BCUT2D eigenvalue weighted by Crippen LogP contribution is -2.57. The molecule has 11 heteroatoms. The van der Waals surface area contributed by atoms with E-state index in [0.717, 1.165) is 13.1 Å². The smallest absolute Gasteiger partial charge is 0.261 e. The second kappa shape index (κ2) is 9.88. The van der Waals surface area contributed by atoms with Crippen LogP contribution < -0.4 is 9.64 Å². The molecule has 0 spiro atoms. The minimum absolute atomic E-state index is 0.0297. The van der Waals surface area contributed by atoms with Gasteiger partial charge in [-0.1, -0.05) is 35.8 Å². The molecule has 0 radical (unpaired) electrons. The van der Waals surface area contributed by atoms with E-state index in [9.17, 15) is 14.0 Å². The summed E-state index contributed by atoms with van der Waals surface area (Å²) < 4.78 is 21.1. The Kier molecular flexibility index (Phi) is 6.80. The molecule has 0 bridgehead atoms. The number of benzene rings is 1. The molecule has 0 saturated carbocycles. The maximum atomic E-state index is 15.0. The summed E-state index contributed by atoms with van der Waals surface area (Å²) in [7, 11) is 2.03. The second-order valence-electron chi connectivity index (χ2n) is 9.14. The zero-order chi connectivity index (χ0) is 25.6. The third-order valence-electron chi connectivity index (χ3n) is 6.94. The number of aromatic nitrogens is 1. The summed E-state index contributed by atoms with van der Waals surface area (Å²) in [6, 6.07) is 3.99. The van der Waals surface area contributed by atoms with Crippen LogP contribution in [0.5, 0.6) is 5.75 Å². The number of fused-ring (bicyclic) bond motifs is 2. The van der Waals surface area contributed by atoms with Crippen molar-refractivity contribution in [3.8, 4) is 17.0 Å². The van der Waals surface area contributed by atoms with Crippen LogP contribution >= 0.6 is 23.2 Å². The third kappa shape index (κ3) is 4.29. The van der Waals surface area contributed by atoms with Crippen LogP contribution in [0.25, 0.3) is 11.3 Å². The zero-order valence-electron chi connectivity index (χ0n) is 19.8. The standard InChI is InChI=1S/C25H26Cl2FN5O3/c1-3-18(34)32-11-12-33-15(13-32)14-36-23-20(25(33)35)24(31-9-7-30(2)8-10-31)29-22(21(23)27)19-16(26)5-4-6-17(19)28/h3-6,15H,1,7-14H2,2H3/t15-/m1/s1. The van der Waals surface area contributed by atoms with Crippen molar-refractivity contribution < 1.29 is 18.7 Å². The number of carbonyl (C=O) groups is 2. The Morgan fingerprint density at radius 1 is 1.17 bits per heavy atom. The van der Waals surface area contributed by atoms with Gasteiger partial charge >= 0.3 is 0 Å². The van der Waals surface area contributed by atoms with E-state index in [1.54, 1.807) is 15.9 Å². The Morgan fingerprint density at radius 2 is 1.92 bits per heavy atom. The molecule has 3 aliphatic heterocycles. The van der Waals surface area contributed by atoms with Gasteiger partial charge in [-0.05, 0) is 25.3 Å². The molecule has 2 amide bonds. The summed E-state index contributed by atoms with van der Waals surface area (Å²) in [4.78, 5) is 38.5.